The molecule has 1 heterocycles. The third-order valence-electron chi connectivity index (χ3n) is 2.98. The molecule has 0 aliphatic heterocycles. The molecule has 0 atom stereocenters. The van der Waals surface area contributed by atoms with Gasteiger partial charge in [0.05, 0.1) is 0 Å². The summed E-state index contributed by atoms with van der Waals surface area (Å²) in [5.41, 5.74) is 1.01. The van der Waals surface area contributed by atoms with E-state index >= 15 is 0 Å². The molecule has 0 fully saturated rings. The maximum atomic E-state index is 4.56. The van der Waals surface area contributed by atoms with E-state index in [1.807, 2.05) is 14.0 Å². The second kappa shape index (κ2) is 7.19. The summed E-state index contributed by atoms with van der Waals surface area (Å²) in [4.78, 5) is 11.3. The van der Waals surface area contributed by atoms with Gasteiger partial charge in [0.1, 0.15) is 5.82 Å². The normalized spacial score (nSPS) is 10.8. The average Bonchev–Trinajstić information content (AvgIpc) is 2.33. The highest BCUT2D eigenvalue weighted by Crippen LogP contribution is 2.18. The third kappa shape index (κ3) is 4.17. The molecule has 1 aromatic rings. The van der Waals surface area contributed by atoms with Crippen molar-refractivity contribution in [2.24, 2.45) is 0 Å². The summed E-state index contributed by atoms with van der Waals surface area (Å²) in [6.07, 6.45) is 3.73. The first-order chi connectivity index (χ1) is 8.58. The molecular formula is C14H26N4. The van der Waals surface area contributed by atoms with Crippen LogP contribution in [-0.4, -0.2) is 29.6 Å². The highest BCUT2D eigenvalue weighted by molar-refractivity contribution is 5.45. The molecule has 1 N–H and O–H groups in total. The molecule has 0 amide bonds. The van der Waals surface area contributed by atoms with E-state index in [1.54, 1.807) is 0 Å². The minimum Gasteiger partial charge on any atom is -0.357 e. The zero-order valence-corrected chi connectivity index (χ0v) is 12.3. The predicted octanol–water partition coefficient (Wildman–Crippen LogP) is 3.23. The lowest BCUT2D eigenvalue weighted by Gasteiger charge is -2.28. The van der Waals surface area contributed by atoms with Gasteiger partial charge >= 0.3 is 0 Å². The zero-order chi connectivity index (χ0) is 13.5. The van der Waals surface area contributed by atoms with E-state index in [0.717, 1.165) is 18.1 Å². The molecule has 0 aromatic carbocycles. The third-order valence-corrected chi connectivity index (χ3v) is 2.98. The van der Waals surface area contributed by atoms with E-state index < -0.39 is 0 Å². The molecule has 4 nitrogen and oxygen atoms in total. The van der Waals surface area contributed by atoms with Gasteiger partial charge in [0.25, 0.3) is 0 Å². The van der Waals surface area contributed by atoms with Crippen molar-refractivity contribution in [1.82, 2.24) is 9.97 Å². The predicted molar refractivity (Wildman–Crippen MR) is 78.3 cm³/mol. The Morgan fingerprint density at radius 3 is 2.56 bits per heavy atom. The van der Waals surface area contributed by atoms with Gasteiger partial charge in [-0.2, -0.15) is 4.98 Å². The number of nitrogens with zero attached hydrogens (tertiary/aromatic N) is 3. The van der Waals surface area contributed by atoms with Crippen molar-refractivity contribution in [2.75, 3.05) is 23.8 Å². The topological polar surface area (TPSA) is 41.1 Å². The Hall–Kier alpha value is -1.32. The van der Waals surface area contributed by atoms with E-state index in [1.165, 1.54) is 19.3 Å². The summed E-state index contributed by atoms with van der Waals surface area (Å²) in [5.74, 6) is 1.73. The molecule has 0 bridgehead atoms. The molecular weight excluding hydrogens is 224 g/mol. The second-order valence-corrected chi connectivity index (χ2v) is 4.94. The highest BCUT2D eigenvalue weighted by Gasteiger charge is 2.13. The first-order valence-electron chi connectivity index (χ1n) is 6.88. The van der Waals surface area contributed by atoms with Crippen LogP contribution in [0.15, 0.2) is 6.07 Å². The molecule has 18 heavy (non-hydrogen) atoms. The summed E-state index contributed by atoms with van der Waals surface area (Å²) < 4.78 is 0. The van der Waals surface area contributed by atoms with Gasteiger partial charge in [-0.05, 0) is 27.2 Å². The summed E-state index contributed by atoms with van der Waals surface area (Å²) in [6, 6.07) is 2.52. The fourth-order valence-electron chi connectivity index (χ4n) is 1.98. The largest absolute Gasteiger partial charge is 0.357 e. The number of aryl methyl sites for hydroxylation is 1. The van der Waals surface area contributed by atoms with Gasteiger partial charge in [-0.25, -0.2) is 4.98 Å². The van der Waals surface area contributed by atoms with Crippen molar-refractivity contribution in [2.45, 2.75) is 53.0 Å². The van der Waals surface area contributed by atoms with Crippen molar-refractivity contribution >= 4 is 11.8 Å². The first-order valence-corrected chi connectivity index (χ1v) is 6.88. The molecule has 0 saturated heterocycles. The highest BCUT2D eigenvalue weighted by atomic mass is 15.2. The van der Waals surface area contributed by atoms with Crippen LogP contribution in [0.5, 0.6) is 0 Å². The molecule has 0 unspecified atom stereocenters. The number of aromatic nitrogens is 2. The van der Waals surface area contributed by atoms with E-state index in [-0.39, 0.29) is 0 Å². The van der Waals surface area contributed by atoms with Crippen molar-refractivity contribution in [3.8, 4) is 0 Å². The van der Waals surface area contributed by atoms with E-state index in [9.17, 15) is 0 Å². The molecule has 0 spiro atoms. The van der Waals surface area contributed by atoms with Crippen LogP contribution in [0.1, 0.15) is 45.7 Å². The van der Waals surface area contributed by atoms with Crippen LogP contribution in [-0.2, 0) is 0 Å². The van der Waals surface area contributed by atoms with Crippen LogP contribution < -0.4 is 10.2 Å². The Bertz CT molecular complexity index is 363. The number of anilines is 2. The minimum absolute atomic E-state index is 0.459. The quantitative estimate of drug-likeness (QED) is 0.754. The Labute approximate surface area is 111 Å². The number of rotatable bonds is 7. The lowest BCUT2D eigenvalue weighted by molar-refractivity contribution is 0.619. The van der Waals surface area contributed by atoms with Gasteiger partial charge in [0.2, 0.25) is 5.95 Å². The lowest BCUT2D eigenvalue weighted by atomic mass is 10.2. The standard InChI is InChI=1S/C14H26N4/c1-6-7-8-9-18(11(2)3)13-10-12(4)16-14(15-5)17-13/h10-11H,6-9H2,1-5H3,(H,15,16,17). The number of nitrogens with one attached hydrogen (secondary N) is 1. The van der Waals surface area contributed by atoms with Crippen LogP contribution in [0, 0.1) is 6.92 Å². The van der Waals surface area contributed by atoms with Gasteiger partial charge in [-0.3, -0.25) is 0 Å². The van der Waals surface area contributed by atoms with Crippen LogP contribution in [0.25, 0.3) is 0 Å². The van der Waals surface area contributed by atoms with Crippen LogP contribution in [0.3, 0.4) is 0 Å². The van der Waals surface area contributed by atoms with E-state index in [4.69, 9.17) is 0 Å². The Morgan fingerprint density at radius 1 is 1.28 bits per heavy atom. The molecule has 1 rings (SSSR count). The van der Waals surface area contributed by atoms with Gasteiger partial charge in [0, 0.05) is 31.4 Å². The summed E-state index contributed by atoms with van der Waals surface area (Å²) in [5, 5.41) is 3.02. The smallest absolute Gasteiger partial charge is 0.224 e. The molecule has 0 aliphatic rings. The van der Waals surface area contributed by atoms with E-state index in [2.05, 4.69) is 47.0 Å². The Balaban J connectivity index is 2.87. The minimum atomic E-state index is 0.459. The fraction of sp³-hybridized carbons (Fsp3) is 0.714. The van der Waals surface area contributed by atoms with Crippen LogP contribution >= 0.6 is 0 Å². The summed E-state index contributed by atoms with van der Waals surface area (Å²) in [6.45, 7) is 9.72. The molecule has 0 saturated carbocycles. The summed E-state index contributed by atoms with van der Waals surface area (Å²) in [7, 11) is 1.86. The van der Waals surface area contributed by atoms with Gasteiger partial charge in [0.15, 0.2) is 0 Å². The lowest BCUT2D eigenvalue weighted by Crippen LogP contribution is -2.32. The Kier molecular flexibility index (Phi) is 5.89. The van der Waals surface area contributed by atoms with Crippen LogP contribution in [0.4, 0.5) is 11.8 Å². The number of hydrogen-bond donors (Lipinski definition) is 1. The Morgan fingerprint density at radius 2 is 2.00 bits per heavy atom. The van der Waals surface area contributed by atoms with Gasteiger partial charge in [-0.1, -0.05) is 19.8 Å². The van der Waals surface area contributed by atoms with Gasteiger partial charge in [-0.15, -0.1) is 0 Å². The number of hydrogen-bond acceptors (Lipinski definition) is 4. The second-order valence-electron chi connectivity index (χ2n) is 4.94. The van der Waals surface area contributed by atoms with Crippen LogP contribution in [0.2, 0.25) is 0 Å². The van der Waals surface area contributed by atoms with Crippen molar-refractivity contribution < 1.29 is 0 Å². The van der Waals surface area contributed by atoms with Crippen molar-refractivity contribution in [3.63, 3.8) is 0 Å². The average molecular weight is 250 g/mol. The maximum Gasteiger partial charge on any atom is 0.224 e. The number of unbranched alkanes of at least 4 members (excludes halogenated alkanes) is 2. The molecule has 0 radical (unpaired) electrons. The van der Waals surface area contributed by atoms with E-state index in [0.29, 0.717) is 12.0 Å². The molecule has 1 aromatic heterocycles. The monoisotopic (exact) mass is 250 g/mol. The molecule has 4 heteroatoms. The van der Waals surface area contributed by atoms with Gasteiger partial charge < -0.3 is 10.2 Å². The molecule has 102 valence electrons. The zero-order valence-electron chi connectivity index (χ0n) is 12.3. The first kappa shape index (κ1) is 14.7. The maximum absolute atomic E-state index is 4.56. The molecule has 0 aliphatic carbocycles. The SMILES string of the molecule is CCCCCN(c1cc(C)nc(NC)n1)C(C)C. The summed E-state index contributed by atoms with van der Waals surface area (Å²) >= 11 is 0. The van der Waals surface area contributed by atoms with Crippen molar-refractivity contribution in [1.29, 1.82) is 0 Å². The fourth-order valence-corrected chi connectivity index (χ4v) is 1.98. The van der Waals surface area contributed by atoms with Crippen molar-refractivity contribution in [3.05, 3.63) is 11.8 Å².